The molecule has 0 aliphatic heterocycles. The molecule has 1 amide bonds. The van der Waals surface area contributed by atoms with Crippen LogP contribution < -0.4 is 27.2 Å². The van der Waals surface area contributed by atoms with E-state index in [4.69, 9.17) is 5.73 Å². The molecule has 116 valence electrons. The number of nitrogens with zero attached hydrogens (tertiary/aromatic N) is 1. The van der Waals surface area contributed by atoms with E-state index in [1.807, 2.05) is 0 Å². The summed E-state index contributed by atoms with van der Waals surface area (Å²) in [5.41, 5.74) is 5.50. The van der Waals surface area contributed by atoms with Gasteiger partial charge in [-0.05, 0) is 34.5 Å². The van der Waals surface area contributed by atoms with Crippen LogP contribution in [-0.2, 0) is 4.79 Å². The minimum Gasteiger partial charge on any atom is -0.368 e. The van der Waals surface area contributed by atoms with Crippen molar-refractivity contribution in [3.05, 3.63) is 67.4 Å². The van der Waals surface area contributed by atoms with Crippen LogP contribution in [0.3, 0.4) is 0 Å². The summed E-state index contributed by atoms with van der Waals surface area (Å²) in [5.74, 6) is -0.633. The minimum atomic E-state index is -0.873. The Morgan fingerprint density at radius 2 is 1.83 bits per heavy atom. The van der Waals surface area contributed by atoms with Crippen LogP contribution in [0.5, 0.6) is 0 Å². The zero-order valence-corrected chi connectivity index (χ0v) is 12.6. The maximum atomic E-state index is 11.8. The highest BCUT2D eigenvalue weighted by Crippen LogP contribution is 2.26. The highest BCUT2D eigenvalue weighted by atomic mass is 32.1. The Bertz CT molecular complexity index is 899. The number of pyridine rings is 1. The third-order valence-corrected chi connectivity index (χ3v) is 4.01. The second kappa shape index (κ2) is 6.01. The first-order chi connectivity index (χ1) is 11.1. The Balaban J connectivity index is 1.89. The number of hydrogen-bond donors (Lipinski definition) is 3. The van der Waals surface area contributed by atoms with E-state index in [9.17, 15) is 14.4 Å². The zero-order valence-electron chi connectivity index (χ0n) is 11.8. The highest BCUT2D eigenvalue weighted by molar-refractivity contribution is 7.08. The van der Waals surface area contributed by atoms with Gasteiger partial charge in [0.05, 0.1) is 0 Å². The average Bonchev–Trinajstić information content (AvgIpc) is 3.08. The summed E-state index contributed by atoms with van der Waals surface area (Å²) in [4.78, 5) is 39.1. The fourth-order valence-corrected chi connectivity index (χ4v) is 2.82. The lowest BCUT2D eigenvalue weighted by molar-refractivity contribution is -0.118. The SMILES string of the molecule is NC(=O)C(Nc1c(Nc2ccncc2)c(=O)c1=O)c1ccsc1. The molecule has 3 aromatic rings. The monoisotopic (exact) mass is 328 g/mol. The Morgan fingerprint density at radius 1 is 1.13 bits per heavy atom. The van der Waals surface area contributed by atoms with Gasteiger partial charge in [0.2, 0.25) is 5.91 Å². The molecular weight excluding hydrogens is 316 g/mol. The van der Waals surface area contributed by atoms with Gasteiger partial charge < -0.3 is 16.4 Å². The molecule has 0 aliphatic rings. The average molecular weight is 328 g/mol. The van der Waals surface area contributed by atoms with Gasteiger partial charge in [-0.3, -0.25) is 19.4 Å². The number of aromatic nitrogens is 1. The van der Waals surface area contributed by atoms with E-state index in [0.29, 0.717) is 11.3 Å². The van der Waals surface area contributed by atoms with E-state index in [-0.39, 0.29) is 11.4 Å². The van der Waals surface area contributed by atoms with Gasteiger partial charge in [0.25, 0.3) is 10.9 Å². The van der Waals surface area contributed by atoms with Gasteiger partial charge in [-0.1, -0.05) is 0 Å². The Morgan fingerprint density at radius 3 is 2.43 bits per heavy atom. The second-order valence-corrected chi connectivity index (χ2v) is 5.59. The molecule has 3 rings (SSSR count). The number of carbonyl (C=O) groups is 1. The molecule has 0 saturated carbocycles. The Hall–Kier alpha value is -3.00. The molecule has 0 saturated heterocycles. The van der Waals surface area contributed by atoms with Gasteiger partial charge >= 0.3 is 0 Å². The van der Waals surface area contributed by atoms with E-state index in [1.54, 1.807) is 41.4 Å². The van der Waals surface area contributed by atoms with Crippen LogP contribution in [-0.4, -0.2) is 10.9 Å². The summed E-state index contributed by atoms with van der Waals surface area (Å²) >= 11 is 1.40. The van der Waals surface area contributed by atoms with Crippen molar-refractivity contribution in [3.8, 4) is 0 Å². The van der Waals surface area contributed by atoms with Gasteiger partial charge in [0.1, 0.15) is 17.4 Å². The first-order valence-corrected chi connectivity index (χ1v) is 7.60. The maximum absolute atomic E-state index is 11.8. The van der Waals surface area contributed by atoms with Crippen LogP contribution in [0.15, 0.2) is 50.9 Å². The topological polar surface area (TPSA) is 114 Å². The van der Waals surface area contributed by atoms with Crippen molar-refractivity contribution in [2.24, 2.45) is 5.73 Å². The van der Waals surface area contributed by atoms with Gasteiger partial charge in [-0.15, -0.1) is 0 Å². The van der Waals surface area contributed by atoms with Crippen LogP contribution in [0.1, 0.15) is 11.6 Å². The van der Waals surface area contributed by atoms with Gasteiger partial charge in [-0.25, -0.2) is 0 Å². The zero-order chi connectivity index (χ0) is 16.4. The van der Waals surface area contributed by atoms with Gasteiger partial charge in [-0.2, -0.15) is 11.3 Å². The fourth-order valence-electron chi connectivity index (χ4n) is 2.13. The summed E-state index contributed by atoms with van der Waals surface area (Å²) in [7, 11) is 0. The molecule has 0 radical (unpaired) electrons. The molecule has 23 heavy (non-hydrogen) atoms. The smallest absolute Gasteiger partial charge is 0.253 e. The first-order valence-electron chi connectivity index (χ1n) is 6.66. The van der Waals surface area contributed by atoms with Crippen LogP contribution in [0.4, 0.5) is 17.1 Å². The second-order valence-electron chi connectivity index (χ2n) is 4.81. The molecule has 8 heteroatoms. The van der Waals surface area contributed by atoms with E-state index >= 15 is 0 Å². The number of rotatable bonds is 6. The summed E-state index contributed by atoms with van der Waals surface area (Å²) in [6, 6.07) is 4.17. The Labute approximate surface area is 134 Å². The lowest BCUT2D eigenvalue weighted by Crippen LogP contribution is -2.39. The molecule has 1 aromatic carbocycles. The van der Waals surface area contributed by atoms with Gasteiger partial charge in [0, 0.05) is 18.1 Å². The normalized spacial score (nSPS) is 12.0. The number of primary amides is 1. The maximum Gasteiger partial charge on any atom is 0.253 e. The number of thiophene rings is 1. The molecule has 7 nitrogen and oxygen atoms in total. The molecule has 2 heterocycles. The predicted molar refractivity (Wildman–Crippen MR) is 88.8 cm³/mol. The molecule has 0 spiro atoms. The fraction of sp³-hybridized carbons (Fsp3) is 0.0667. The van der Waals surface area contributed by atoms with Crippen LogP contribution in [0.2, 0.25) is 0 Å². The van der Waals surface area contributed by atoms with Crippen molar-refractivity contribution in [1.29, 1.82) is 0 Å². The Kier molecular flexibility index (Phi) is 3.90. The number of nitrogens with one attached hydrogen (secondary N) is 2. The number of hydrogen-bond acceptors (Lipinski definition) is 7. The van der Waals surface area contributed by atoms with Crippen molar-refractivity contribution in [2.45, 2.75) is 6.04 Å². The molecule has 1 atom stereocenters. The third-order valence-electron chi connectivity index (χ3n) is 3.31. The summed E-state index contributed by atoms with van der Waals surface area (Å²) < 4.78 is 0. The standard InChI is InChI=1S/C15H12N4O3S/c16-15(22)10(8-3-6-23-7-8)19-12-11(13(20)14(12)21)18-9-1-4-17-5-2-9/h1-7,10,19H,(H2,16,22)(H,17,18). The minimum absolute atomic E-state index is 0.0572. The lowest BCUT2D eigenvalue weighted by atomic mass is 10.1. The predicted octanol–water partition coefficient (Wildman–Crippen LogP) is 1.12. The highest BCUT2D eigenvalue weighted by Gasteiger charge is 2.26. The van der Waals surface area contributed by atoms with Crippen molar-refractivity contribution in [3.63, 3.8) is 0 Å². The van der Waals surface area contributed by atoms with E-state index < -0.39 is 22.8 Å². The number of carbonyl (C=O) groups excluding carboxylic acids is 1. The molecule has 0 fully saturated rings. The van der Waals surface area contributed by atoms with Crippen LogP contribution in [0.25, 0.3) is 0 Å². The van der Waals surface area contributed by atoms with E-state index in [2.05, 4.69) is 15.6 Å². The summed E-state index contributed by atoms with van der Waals surface area (Å²) in [6.45, 7) is 0. The van der Waals surface area contributed by atoms with E-state index in [1.165, 1.54) is 11.3 Å². The molecule has 4 N–H and O–H groups in total. The van der Waals surface area contributed by atoms with Crippen molar-refractivity contribution < 1.29 is 4.79 Å². The lowest BCUT2D eigenvalue weighted by Gasteiger charge is -2.19. The summed E-state index contributed by atoms with van der Waals surface area (Å²) in [6.07, 6.45) is 3.11. The third kappa shape index (κ3) is 2.84. The first kappa shape index (κ1) is 14.9. The van der Waals surface area contributed by atoms with Crippen LogP contribution in [0, 0.1) is 0 Å². The molecule has 2 aromatic heterocycles. The number of amides is 1. The quantitative estimate of drug-likeness (QED) is 0.584. The summed E-state index contributed by atoms with van der Waals surface area (Å²) in [5, 5.41) is 9.18. The number of nitrogens with two attached hydrogens (primary N) is 1. The molecular formula is C15H12N4O3S. The van der Waals surface area contributed by atoms with Crippen molar-refractivity contribution in [1.82, 2.24) is 4.98 Å². The number of anilines is 3. The van der Waals surface area contributed by atoms with E-state index in [0.717, 1.165) is 0 Å². The van der Waals surface area contributed by atoms with Crippen molar-refractivity contribution >= 4 is 34.3 Å². The van der Waals surface area contributed by atoms with Gasteiger partial charge in [0.15, 0.2) is 0 Å². The van der Waals surface area contributed by atoms with Crippen LogP contribution >= 0.6 is 11.3 Å². The molecule has 0 aliphatic carbocycles. The molecule has 0 bridgehead atoms. The largest absolute Gasteiger partial charge is 0.368 e. The molecule has 1 unspecified atom stereocenters. The van der Waals surface area contributed by atoms with Crippen molar-refractivity contribution in [2.75, 3.05) is 10.6 Å².